The molecule has 1 saturated heterocycles. The minimum atomic E-state index is -0.303. The van der Waals surface area contributed by atoms with Crippen LogP contribution in [0.1, 0.15) is 31.4 Å². The van der Waals surface area contributed by atoms with E-state index >= 15 is 0 Å². The zero-order chi connectivity index (χ0) is 14.1. The zero-order valence-electron chi connectivity index (χ0n) is 12.0. The second-order valence-corrected chi connectivity index (χ2v) is 6.24. The molecule has 0 aliphatic carbocycles. The fourth-order valence-corrected chi connectivity index (χ4v) is 3.23. The Hall–Kier alpha value is -1.13. The van der Waals surface area contributed by atoms with Crippen molar-refractivity contribution in [2.75, 3.05) is 26.2 Å². The summed E-state index contributed by atoms with van der Waals surface area (Å²) >= 11 is 0. The standard InChI is InChI=1S/C16H23FN2O/c1-11-5-7-19(8-6-11)9-12-10-20-16-13(15(12)18)3-2-4-14(16)17/h2-4,11-12,15H,5-10,18H2,1H3. The number of para-hydroxylation sites is 1. The molecule has 3 rings (SSSR count). The van der Waals surface area contributed by atoms with Crippen LogP contribution in [0.15, 0.2) is 18.2 Å². The SMILES string of the molecule is CC1CCN(CC2COc3c(F)cccc3C2N)CC1. The fraction of sp³-hybridized carbons (Fsp3) is 0.625. The van der Waals surface area contributed by atoms with E-state index in [-0.39, 0.29) is 17.8 Å². The highest BCUT2D eigenvalue weighted by atomic mass is 19.1. The van der Waals surface area contributed by atoms with Crippen LogP contribution in [0.4, 0.5) is 4.39 Å². The number of fused-ring (bicyclic) bond motifs is 1. The van der Waals surface area contributed by atoms with Gasteiger partial charge in [0.05, 0.1) is 6.61 Å². The zero-order valence-corrected chi connectivity index (χ0v) is 12.0. The molecule has 20 heavy (non-hydrogen) atoms. The van der Waals surface area contributed by atoms with Gasteiger partial charge in [-0.1, -0.05) is 19.1 Å². The van der Waals surface area contributed by atoms with Crippen molar-refractivity contribution < 1.29 is 9.13 Å². The van der Waals surface area contributed by atoms with Gasteiger partial charge in [-0.15, -0.1) is 0 Å². The lowest BCUT2D eigenvalue weighted by molar-refractivity contribution is 0.111. The van der Waals surface area contributed by atoms with Gasteiger partial charge >= 0.3 is 0 Å². The molecule has 2 unspecified atom stereocenters. The smallest absolute Gasteiger partial charge is 0.165 e. The summed E-state index contributed by atoms with van der Waals surface area (Å²) < 4.78 is 19.3. The minimum Gasteiger partial charge on any atom is -0.490 e. The molecule has 0 bridgehead atoms. The molecule has 0 aromatic heterocycles. The van der Waals surface area contributed by atoms with Crippen LogP contribution in [0.5, 0.6) is 5.75 Å². The van der Waals surface area contributed by atoms with Crippen molar-refractivity contribution in [3.05, 3.63) is 29.6 Å². The molecule has 1 aromatic carbocycles. The quantitative estimate of drug-likeness (QED) is 0.903. The van der Waals surface area contributed by atoms with Gasteiger partial charge in [-0.25, -0.2) is 4.39 Å². The Labute approximate surface area is 119 Å². The molecule has 0 spiro atoms. The molecule has 1 aromatic rings. The summed E-state index contributed by atoms with van der Waals surface area (Å²) in [6.45, 7) is 6.05. The van der Waals surface area contributed by atoms with E-state index in [1.807, 2.05) is 6.07 Å². The summed E-state index contributed by atoms with van der Waals surface area (Å²) in [5.41, 5.74) is 7.14. The summed E-state index contributed by atoms with van der Waals surface area (Å²) in [5.74, 6) is 1.13. The van der Waals surface area contributed by atoms with E-state index in [1.54, 1.807) is 6.07 Å². The molecule has 2 heterocycles. The third-order valence-electron chi connectivity index (χ3n) is 4.68. The predicted octanol–water partition coefficient (Wildman–Crippen LogP) is 2.57. The average molecular weight is 278 g/mol. The van der Waals surface area contributed by atoms with E-state index in [1.165, 1.54) is 18.9 Å². The minimum absolute atomic E-state index is 0.131. The first-order chi connectivity index (χ1) is 9.65. The molecule has 0 saturated carbocycles. The van der Waals surface area contributed by atoms with E-state index in [2.05, 4.69) is 11.8 Å². The Morgan fingerprint density at radius 3 is 2.85 bits per heavy atom. The lowest BCUT2D eigenvalue weighted by Crippen LogP contribution is -2.43. The van der Waals surface area contributed by atoms with Crippen molar-refractivity contribution in [3.63, 3.8) is 0 Å². The number of piperidine rings is 1. The van der Waals surface area contributed by atoms with Crippen molar-refractivity contribution >= 4 is 0 Å². The summed E-state index contributed by atoms with van der Waals surface area (Å²) in [4.78, 5) is 2.47. The lowest BCUT2D eigenvalue weighted by Gasteiger charge is -2.37. The van der Waals surface area contributed by atoms with E-state index < -0.39 is 0 Å². The van der Waals surface area contributed by atoms with Crippen LogP contribution in [0.3, 0.4) is 0 Å². The third kappa shape index (κ3) is 2.67. The maximum atomic E-state index is 13.7. The molecule has 1 fully saturated rings. The Balaban J connectivity index is 1.68. The molecule has 2 aliphatic rings. The number of hydrogen-bond donors (Lipinski definition) is 1. The Morgan fingerprint density at radius 1 is 1.35 bits per heavy atom. The molecule has 2 atom stereocenters. The van der Waals surface area contributed by atoms with Gasteiger partial charge in [0.15, 0.2) is 11.6 Å². The molecule has 3 nitrogen and oxygen atoms in total. The number of rotatable bonds is 2. The van der Waals surface area contributed by atoms with Gasteiger partial charge in [0.2, 0.25) is 0 Å². The average Bonchev–Trinajstić information content (AvgIpc) is 2.45. The van der Waals surface area contributed by atoms with Crippen LogP contribution < -0.4 is 10.5 Å². The number of nitrogens with two attached hydrogens (primary N) is 1. The van der Waals surface area contributed by atoms with Crippen LogP contribution in [0.25, 0.3) is 0 Å². The van der Waals surface area contributed by atoms with Crippen LogP contribution in [0, 0.1) is 17.7 Å². The van der Waals surface area contributed by atoms with Crippen LogP contribution in [-0.2, 0) is 0 Å². The van der Waals surface area contributed by atoms with E-state index in [4.69, 9.17) is 10.5 Å². The first kappa shape index (κ1) is 13.8. The van der Waals surface area contributed by atoms with E-state index in [9.17, 15) is 4.39 Å². The fourth-order valence-electron chi connectivity index (χ4n) is 3.23. The van der Waals surface area contributed by atoms with Crippen LogP contribution >= 0.6 is 0 Å². The monoisotopic (exact) mass is 278 g/mol. The second kappa shape index (κ2) is 5.70. The number of hydrogen-bond acceptors (Lipinski definition) is 3. The maximum Gasteiger partial charge on any atom is 0.165 e. The van der Waals surface area contributed by atoms with Crippen LogP contribution in [-0.4, -0.2) is 31.1 Å². The predicted molar refractivity (Wildman–Crippen MR) is 77.2 cm³/mol. The number of nitrogens with zero attached hydrogens (tertiary/aromatic N) is 1. The Morgan fingerprint density at radius 2 is 2.10 bits per heavy atom. The summed E-state index contributed by atoms with van der Waals surface area (Å²) in [5, 5.41) is 0. The summed E-state index contributed by atoms with van der Waals surface area (Å²) in [6, 6.07) is 4.89. The second-order valence-electron chi connectivity index (χ2n) is 6.24. The molecule has 2 N–H and O–H groups in total. The van der Waals surface area contributed by atoms with Gasteiger partial charge in [-0.3, -0.25) is 0 Å². The highest BCUT2D eigenvalue weighted by Gasteiger charge is 2.31. The summed E-state index contributed by atoms with van der Waals surface area (Å²) in [7, 11) is 0. The molecular formula is C16H23FN2O. The van der Waals surface area contributed by atoms with Crippen LogP contribution in [0.2, 0.25) is 0 Å². The Kier molecular flexibility index (Phi) is 3.94. The Bertz CT molecular complexity index is 472. The number of halogens is 1. The normalized spacial score (nSPS) is 27.9. The van der Waals surface area contributed by atoms with Crippen molar-refractivity contribution in [2.24, 2.45) is 17.6 Å². The molecular weight excluding hydrogens is 255 g/mol. The first-order valence-electron chi connectivity index (χ1n) is 7.54. The number of benzene rings is 1. The van der Waals surface area contributed by atoms with Gasteiger partial charge in [-0.05, 0) is 37.9 Å². The van der Waals surface area contributed by atoms with Gasteiger partial charge in [0.1, 0.15) is 0 Å². The van der Waals surface area contributed by atoms with Crippen molar-refractivity contribution in [2.45, 2.75) is 25.8 Å². The van der Waals surface area contributed by atoms with Gasteiger partial charge in [0, 0.05) is 24.1 Å². The lowest BCUT2D eigenvalue weighted by atomic mass is 9.89. The third-order valence-corrected chi connectivity index (χ3v) is 4.68. The number of ether oxygens (including phenoxy) is 1. The molecule has 0 radical (unpaired) electrons. The first-order valence-corrected chi connectivity index (χ1v) is 7.54. The van der Waals surface area contributed by atoms with E-state index in [0.717, 1.165) is 31.1 Å². The molecule has 2 aliphatic heterocycles. The molecule has 4 heteroatoms. The van der Waals surface area contributed by atoms with Crippen molar-refractivity contribution in [3.8, 4) is 5.75 Å². The maximum absolute atomic E-state index is 13.7. The van der Waals surface area contributed by atoms with Crippen molar-refractivity contribution in [1.82, 2.24) is 4.90 Å². The van der Waals surface area contributed by atoms with Gasteiger partial charge in [-0.2, -0.15) is 0 Å². The largest absolute Gasteiger partial charge is 0.490 e. The number of likely N-dealkylation sites (tertiary alicyclic amines) is 1. The van der Waals surface area contributed by atoms with Crippen molar-refractivity contribution in [1.29, 1.82) is 0 Å². The summed E-state index contributed by atoms with van der Waals surface area (Å²) in [6.07, 6.45) is 2.52. The van der Waals surface area contributed by atoms with Gasteiger partial charge < -0.3 is 15.4 Å². The van der Waals surface area contributed by atoms with Gasteiger partial charge in [0.25, 0.3) is 0 Å². The molecule has 0 amide bonds. The highest BCUT2D eigenvalue weighted by Crippen LogP contribution is 2.36. The topological polar surface area (TPSA) is 38.5 Å². The highest BCUT2D eigenvalue weighted by molar-refractivity contribution is 5.39. The van der Waals surface area contributed by atoms with E-state index in [0.29, 0.717) is 12.4 Å². The molecule has 110 valence electrons.